The number of carbonyl (C=O) groups is 2. The SMILES string of the molecule is CN(C)c1ccc(/C=C2\CCC[C@H]3C2=NN(C(=O)c2ccccc2C(=O)O)[C@@H]3c2ccc(N(C)C)cc2)cc1. The molecule has 7 heteroatoms. The smallest absolute Gasteiger partial charge is 0.336 e. The fraction of sp³-hybridized carbons (Fsp3) is 0.281. The highest BCUT2D eigenvalue weighted by molar-refractivity contribution is 6.10. The van der Waals surface area contributed by atoms with Gasteiger partial charge in [0.2, 0.25) is 0 Å². The highest BCUT2D eigenvalue weighted by Gasteiger charge is 2.44. The zero-order chi connectivity index (χ0) is 27.7. The van der Waals surface area contributed by atoms with Crippen molar-refractivity contribution in [1.29, 1.82) is 0 Å². The molecule has 0 saturated heterocycles. The number of carboxylic acids is 1. The van der Waals surface area contributed by atoms with Crippen molar-refractivity contribution in [2.24, 2.45) is 11.0 Å². The van der Waals surface area contributed by atoms with E-state index in [0.717, 1.165) is 53.0 Å². The number of hydrogen-bond donors (Lipinski definition) is 1. The zero-order valence-corrected chi connectivity index (χ0v) is 22.8. The summed E-state index contributed by atoms with van der Waals surface area (Å²) in [4.78, 5) is 30.0. The molecule has 3 aromatic carbocycles. The minimum atomic E-state index is -1.13. The Hall–Kier alpha value is -4.39. The van der Waals surface area contributed by atoms with Gasteiger partial charge in [0.1, 0.15) is 0 Å². The lowest BCUT2D eigenvalue weighted by Crippen LogP contribution is -2.32. The summed E-state index contributed by atoms with van der Waals surface area (Å²) in [5.41, 5.74) is 6.45. The number of allylic oxidation sites excluding steroid dienone is 1. The molecule has 39 heavy (non-hydrogen) atoms. The van der Waals surface area contributed by atoms with Crippen LogP contribution in [0.5, 0.6) is 0 Å². The van der Waals surface area contributed by atoms with E-state index in [4.69, 9.17) is 5.10 Å². The summed E-state index contributed by atoms with van der Waals surface area (Å²) >= 11 is 0. The Morgan fingerprint density at radius 1 is 0.872 bits per heavy atom. The average molecular weight is 523 g/mol. The number of nitrogens with zero attached hydrogens (tertiary/aromatic N) is 4. The lowest BCUT2D eigenvalue weighted by atomic mass is 9.77. The van der Waals surface area contributed by atoms with E-state index in [-0.39, 0.29) is 23.1 Å². The molecule has 1 N–H and O–H groups in total. The normalized spacial score (nSPS) is 19.4. The summed E-state index contributed by atoms with van der Waals surface area (Å²) in [6.45, 7) is 0. The van der Waals surface area contributed by atoms with Crippen LogP contribution in [0, 0.1) is 5.92 Å². The molecule has 0 aromatic heterocycles. The number of benzene rings is 3. The maximum atomic E-state index is 14.0. The number of carboxylic acid groups (broad SMARTS) is 1. The predicted octanol–water partition coefficient (Wildman–Crippen LogP) is 5.95. The van der Waals surface area contributed by atoms with Crippen LogP contribution < -0.4 is 9.80 Å². The zero-order valence-electron chi connectivity index (χ0n) is 22.8. The quantitative estimate of drug-likeness (QED) is 0.433. The molecule has 0 unspecified atom stereocenters. The number of carbonyl (C=O) groups excluding carboxylic acids is 1. The van der Waals surface area contributed by atoms with Gasteiger partial charge in [0.25, 0.3) is 5.91 Å². The molecule has 0 radical (unpaired) electrons. The third-order valence-corrected chi connectivity index (χ3v) is 7.60. The molecule has 7 nitrogen and oxygen atoms in total. The number of amides is 1. The topological polar surface area (TPSA) is 76.4 Å². The monoisotopic (exact) mass is 522 g/mol. The second-order valence-corrected chi connectivity index (χ2v) is 10.6. The molecule has 2 aliphatic rings. The molecule has 1 amide bonds. The molecular formula is C32H34N4O3. The Morgan fingerprint density at radius 2 is 1.46 bits per heavy atom. The molecule has 0 bridgehead atoms. The number of rotatable bonds is 6. The first-order valence-corrected chi connectivity index (χ1v) is 13.2. The van der Waals surface area contributed by atoms with Crippen molar-refractivity contribution in [3.05, 3.63) is 101 Å². The van der Waals surface area contributed by atoms with E-state index in [1.165, 1.54) is 11.1 Å². The van der Waals surface area contributed by atoms with Crippen molar-refractivity contribution in [1.82, 2.24) is 5.01 Å². The van der Waals surface area contributed by atoms with Crippen LogP contribution >= 0.6 is 0 Å². The van der Waals surface area contributed by atoms with Crippen molar-refractivity contribution in [3.8, 4) is 0 Å². The minimum absolute atomic E-state index is 0.0176. The van der Waals surface area contributed by atoms with Gasteiger partial charge in [0.15, 0.2) is 0 Å². The summed E-state index contributed by atoms with van der Waals surface area (Å²) in [6, 6.07) is 22.7. The van der Waals surface area contributed by atoms with Crippen LogP contribution in [0.1, 0.15) is 57.1 Å². The van der Waals surface area contributed by atoms with E-state index < -0.39 is 11.9 Å². The fourth-order valence-electron chi connectivity index (χ4n) is 5.52. The van der Waals surface area contributed by atoms with Gasteiger partial charge in [0, 0.05) is 45.5 Å². The first-order valence-electron chi connectivity index (χ1n) is 13.2. The summed E-state index contributed by atoms with van der Waals surface area (Å²) < 4.78 is 0. The van der Waals surface area contributed by atoms with E-state index in [1.807, 2.05) is 45.2 Å². The van der Waals surface area contributed by atoms with Gasteiger partial charge in [-0.3, -0.25) is 4.79 Å². The van der Waals surface area contributed by atoms with Gasteiger partial charge in [-0.15, -0.1) is 0 Å². The van der Waals surface area contributed by atoms with Crippen LogP contribution in [0.4, 0.5) is 11.4 Å². The average Bonchev–Trinajstić information content (AvgIpc) is 3.33. The van der Waals surface area contributed by atoms with Crippen molar-refractivity contribution in [2.45, 2.75) is 25.3 Å². The fourth-order valence-corrected chi connectivity index (χ4v) is 5.52. The van der Waals surface area contributed by atoms with E-state index in [9.17, 15) is 14.7 Å². The van der Waals surface area contributed by atoms with Gasteiger partial charge < -0.3 is 14.9 Å². The lowest BCUT2D eigenvalue weighted by Gasteiger charge is -2.30. The molecule has 2 atom stereocenters. The third-order valence-electron chi connectivity index (χ3n) is 7.60. The standard InChI is InChI=1S/C32H34N4O3/c1-34(2)24-16-12-21(13-17-24)20-23-8-7-11-28-29(23)33-36(30(28)22-14-18-25(19-15-22)35(3)4)31(37)26-9-5-6-10-27(26)32(38)39/h5-6,9-10,12-20,28,30H,7-8,11H2,1-4H3,(H,38,39)/b23-20+/t28-,30+/m0/s1. The molecule has 1 fully saturated rings. The highest BCUT2D eigenvalue weighted by Crippen LogP contribution is 2.45. The van der Waals surface area contributed by atoms with Crippen LogP contribution in [0.15, 0.2) is 83.5 Å². The van der Waals surface area contributed by atoms with Gasteiger partial charge in [-0.05, 0) is 78.4 Å². The van der Waals surface area contributed by atoms with Gasteiger partial charge in [-0.25, -0.2) is 9.80 Å². The number of anilines is 2. The maximum absolute atomic E-state index is 14.0. The summed E-state index contributed by atoms with van der Waals surface area (Å²) in [5.74, 6) is -1.50. The summed E-state index contributed by atoms with van der Waals surface area (Å²) in [5, 5.41) is 16.2. The minimum Gasteiger partial charge on any atom is -0.478 e. The molecule has 1 aliphatic carbocycles. The van der Waals surface area contributed by atoms with Gasteiger partial charge in [-0.1, -0.05) is 36.4 Å². The first kappa shape index (κ1) is 26.2. The van der Waals surface area contributed by atoms with Crippen molar-refractivity contribution in [3.63, 3.8) is 0 Å². The molecule has 3 aromatic rings. The van der Waals surface area contributed by atoms with E-state index >= 15 is 0 Å². The molecule has 5 rings (SSSR count). The Labute approximate surface area is 229 Å². The Kier molecular flexibility index (Phi) is 7.24. The van der Waals surface area contributed by atoms with Gasteiger partial charge in [0.05, 0.1) is 22.9 Å². The van der Waals surface area contributed by atoms with Crippen molar-refractivity contribution >= 4 is 35.0 Å². The van der Waals surface area contributed by atoms with Gasteiger partial charge >= 0.3 is 5.97 Å². The van der Waals surface area contributed by atoms with Crippen LogP contribution in [0.25, 0.3) is 6.08 Å². The highest BCUT2D eigenvalue weighted by atomic mass is 16.4. The van der Waals surface area contributed by atoms with Crippen LogP contribution in [0.2, 0.25) is 0 Å². The maximum Gasteiger partial charge on any atom is 0.336 e. The molecule has 1 saturated carbocycles. The Balaban J connectivity index is 1.58. The summed E-state index contributed by atoms with van der Waals surface area (Å²) in [7, 11) is 8.03. The van der Waals surface area contributed by atoms with E-state index in [1.54, 1.807) is 18.2 Å². The van der Waals surface area contributed by atoms with E-state index in [2.05, 4.69) is 47.4 Å². The largest absolute Gasteiger partial charge is 0.478 e. The second-order valence-electron chi connectivity index (χ2n) is 10.6. The molecule has 1 heterocycles. The Bertz CT molecular complexity index is 1440. The van der Waals surface area contributed by atoms with Crippen LogP contribution in [-0.4, -0.2) is 55.9 Å². The molecule has 0 spiro atoms. The number of hydrazone groups is 1. The van der Waals surface area contributed by atoms with Crippen molar-refractivity contribution < 1.29 is 14.7 Å². The number of aromatic carboxylic acids is 1. The van der Waals surface area contributed by atoms with Crippen LogP contribution in [-0.2, 0) is 0 Å². The molecule has 1 aliphatic heterocycles. The van der Waals surface area contributed by atoms with Crippen LogP contribution in [0.3, 0.4) is 0 Å². The molecule has 200 valence electrons. The van der Waals surface area contributed by atoms with Gasteiger partial charge in [-0.2, -0.15) is 5.10 Å². The number of hydrogen-bond acceptors (Lipinski definition) is 5. The first-order chi connectivity index (χ1) is 18.7. The summed E-state index contributed by atoms with van der Waals surface area (Å²) in [6.07, 6.45) is 4.95. The third kappa shape index (κ3) is 5.17. The number of fused-ring (bicyclic) bond motifs is 1. The molecular weight excluding hydrogens is 488 g/mol. The van der Waals surface area contributed by atoms with Crippen molar-refractivity contribution in [2.75, 3.05) is 38.0 Å². The Morgan fingerprint density at radius 3 is 2.05 bits per heavy atom. The van der Waals surface area contributed by atoms with E-state index in [0.29, 0.717) is 0 Å². The lowest BCUT2D eigenvalue weighted by molar-refractivity contribution is 0.0646. The predicted molar refractivity (Wildman–Crippen MR) is 157 cm³/mol. The second kappa shape index (κ2) is 10.8.